The number of aromatic nitrogens is 2. The molecule has 7 heteroatoms. The summed E-state index contributed by atoms with van der Waals surface area (Å²) in [7, 11) is 0. The number of fused-ring (bicyclic) bond motifs is 2. The lowest BCUT2D eigenvalue weighted by Crippen LogP contribution is -2.35. The molecule has 3 aromatic rings. The molecule has 0 saturated heterocycles. The number of rotatable bonds is 6. The minimum absolute atomic E-state index is 0.00380. The van der Waals surface area contributed by atoms with Gasteiger partial charge in [-0.1, -0.05) is 38.1 Å². The quantitative estimate of drug-likeness (QED) is 0.678. The molecule has 0 aliphatic carbocycles. The maximum absolute atomic E-state index is 14.5. The highest BCUT2D eigenvalue weighted by Crippen LogP contribution is 2.44. The summed E-state index contributed by atoms with van der Waals surface area (Å²) in [6, 6.07) is 11.9. The summed E-state index contributed by atoms with van der Waals surface area (Å²) in [5, 5.41) is 0. The third-order valence-corrected chi connectivity index (χ3v) is 5.40. The van der Waals surface area contributed by atoms with Gasteiger partial charge in [0.2, 0.25) is 0 Å². The number of carbonyl (C=O) groups excluding carboxylic acids is 1. The number of amides is 1. The lowest BCUT2D eigenvalue weighted by molar-refractivity contribution is -0.141. The van der Waals surface area contributed by atoms with Crippen LogP contribution in [0.5, 0.6) is 0 Å². The molecule has 0 fully saturated rings. The summed E-state index contributed by atoms with van der Waals surface area (Å²) >= 11 is 0. The lowest BCUT2D eigenvalue weighted by atomic mass is 10.1. The third kappa shape index (κ3) is 3.29. The molecule has 2 aromatic carbocycles. The lowest BCUT2D eigenvalue weighted by Gasteiger charge is -2.18. The first-order valence-corrected chi connectivity index (χ1v) is 9.80. The van der Waals surface area contributed by atoms with E-state index < -0.39 is 11.8 Å². The second kappa shape index (κ2) is 7.22. The van der Waals surface area contributed by atoms with E-state index in [0.29, 0.717) is 24.8 Å². The van der Waals surface area contributed by atoms with Crippen LogP contribution in [0, 0.1) is 5.92 Å². The van der Waals surface area contributed by atoms with E-state index in [4.69, 9.17) is 5.73 Å². The van der Waals surface area contributed by atoms with Gasteiger partial charge in [0, 0.05) is 13.1 Å². The predicted molar refractivity (Wildman–Crippen MR) is 109 cm³/mol. The van der Waals surface area contributed by atoms with Crippen LogP contribution in [-0.2, 0) is 30.4 Å². The number of hydrogen-bond acceptors (Lipinski definition) is 3. The Kier molecular flexibility index (Phi) is 4.86. The molecule has 0 saturated carbocycles. The summed E-state index contributed by atoms with van der Waals surface area (Å²) in [6.07, 6.45) is 0.914. The predicted octanol–water partition coefficient (Wildman–Crippen LogP) is 4.18. The SMILES string of the molecule is CC(C)CCn1c(CN2C(=O)C(F)(F)c3ccccc32)nc2cc(CN)ccc21. The van der Waals surface area contributed by atoms with Gasteiger partial charge < -0.3 is 10.3 Å². The standard InChI is InChI=1S/C22H24F2N4O/c1-14(2)9-10-27-19-8-7-15(12-25)11-17(19)26-20(27)13-28-18-6-4-3-5-16(18)22(23,24)21(28)29/h3-8,11,14H,9-10,12-13,25H2,1-2H3. The van der Waals surface area contributed by atoms with Crippen molar-refractivity contribution >= 4 is 22.6 Å². The Hall–Kier alpha value is -2.80. The fourth-order valence-electron chi connectivity index (χ4n) is 3.78. The van der Waals surface area contributed by atoms with E-state index in [9.17, 15) is 13.6 Å². The second-order valence-electron chi connectivity index (χ2n) is 7.87. The van der Waals surface area contributed by atoms with Crippen LogP contribution in [0.2, 0.25) is 0 Å². The van der Waals surface area contributed by atoms with Crippen molar-refractivity contribution in [3.05, 3.63) is 59.4 Å². The molecule has 2 heterocycles. The molecular formula is C22H24F2N4O. The highest BCUT2D eigenvalue weighted by molar-refractivity contribution is 6.05. The van der Waals surface area contributed by atoms with Crippen LogP contribution in [-0.4, -0.2) is 15.5 Å². The van der Waals surface area contributed by atoms with Crippen LogP contribution in [0.3, 0.4) is 0 Å². The first kappa shape index (κ1) is 19.5. The summed E-state index contributed by atoms with van der Waals surface area (Å²) in [5.74, 6) is -3.65. The van der Waals surface area contributed by atoms with Crippen molar-refractivity contribution in [3.63, 3.8) is 0 Å². The smallest absolute Gasteiger partial charge is 0.326 e. The third-order valence-electron chi connectivity index (χ3n) is 5.40. The molecule has 0 unspecified atom stereocenters. The van der Waals surface area contributed by atoms with Crippen molar-refractivity contribution in [2.45, 2.75) is 45.8 Å². The Morgan fingerprint density at radius 1 is 1.17 bits per heavy atom. The van der Waals surface area contributed by atoms with Gasteiger partial charge >= 0.3 is 11.8 Å². The number of carbonyl (C=O) groups is 1. The molecule has 0 spiro atoms. The van der Waals surface area contributed by atoms with Gasteiger partial charge in [-0.05, 0) is 36.1 Å². The molecule has 1 amide bonds. The zero-order chi connectivity index (χ0) is 20.8. The second-order valence-corrected chi connectivity index (χ2v) is 7.87. The summed E-state index contributed by atoms with van der Waals surface area (Å²) in [5.41, 5.74) is 8.37. The first-order valence-electron chi connectivity index (χ1n) is 9.80. The van der Waals surface area contributed by atoms with E-state index in [1.54, 1.807) is 12.1 Å². The average Bonchev–Trinajstić information content (AvgIpc) is 3.14. The average molecular weight is 398 g/mol. The van der Waals surface area contributed by atoms with Crippen LogP contribution in [0.1, 0.15) is 37.2 Å². The zero-order valence-corrected chi connectivity index (χ0v) is 16.5. The van der Waals surface area contributed by atoms with Crippen molar-refractivity contribution in [3.8, 4) is 0 Å². The first-order chi connectivity index (χ1) is 13.8. The Balaban J connectivity index is 1.77. The number of halogens is 2. The van der Waals surface area contributed by atoms with Gasteiger partial charge in [0.15, 0.2) is 0 Å². The topological polar surface area (TPSA) is 64.2 Å². The fourth-order valence-corrected chi connectivity index (χ4v) is 3.78. The molecule has 2 N–H and O–H groups in total. The van der Waals surface area contributed by atoms with Crippen molar-refractivity contribution in [1.29, 1.82) is 0 Å². The Morgan fingerprint density at radius 2 is 1.93 bits per heavy atom. The summed E-state index contributed by atoms with van der Waals surface area (Å²) < 4.78 is 31.0. The molecule has 1 aromatic heterocycles. The van der Waals surface area contributed by atoms with E-state index in [1.165, 1.54) is 12.1 Å². The molecule has 0 atom stereocenters. The molecule has 152 valence electrons. The van der Waals surface area contributed by atoms with Gasteiger partial charge in [-0.3, -0.25) is 9.69 Å². The van der Waals surface area contributed by atoms with Crippen molar-refractivity contribution < 1.29 is 13.6 Å². The summed E-state index contributed by atoms with van der Waals surface area (Å²) in [4.78, 5) is 18.3. The Labute approximate surface area is 168 Å². The monoisotopic (exact) mass is 398 g/mol. The van der Waals surface area contributed by atoms with Crippen molar-refractivity contribution in [2.24, 2.45) is 11.7 Å². The molecule has 29 heavy (non-hydrogen) atoms. The minimum Gasteiger partial charge on any atom is -0.326 e. The molecule has 0 bridgehead atoms. The van der Waals surface area contributed by atoms with Crippen LogP contribution in [0.15, 0.2) is 42.5 Å². The molecule has 1 aliphatic rings. The maximum Gasteiger partial charge on any atom is 0.352 e. The number of benzene rings is 2. The van der Waals surface area contributed by atoms with E-state index in [1.807, 2.05) is 22.8 Å². The highest BCUT2D eigenvalue weighted by Gasteiger charge is 2.52. The van der Waals surface area contributed by atoms with Crippen LogP contribution in [0.25, 0.3) is 11.0 Å². The van der Waals surface area contributed by atoms with E-state index in [2.05, 4.69) is 18.8 Å². The number of anilines is 1. The number of nitrogens with two attached hydrogens (primary N) is 1. The number of alkyl halides is 2. The van der Waals surface area contributed by atoms with E-state index >= 15 is 0 Å². The molecule has 0 radical (unpaired) electrons. The number of hydrogen-bond donors (Lipinski definition) is 1. The van der Waals surface area contributed by atoms with Gasteiger partial charge in [0.25, 0.3) is 0 Å². The van der Waals surface area contributed by atoms with Gasteiger partial charge in [0.05, 0.1) is 28.8 Å². The molecule has 1 aliphatic heterocycles. The maximum atomic E-state index is 14.5. The summed E-state index contributed by atoms with van der Waals surface area (Å²) in [6.45, 7) is 5.36. The Morgan fingerprint density at radius 3 is 2.66 bits per heavy atom. The minimum atomic E-state index is -3.52. The van der Waals surface area contributed by atoms with Gasteiger partial charge in [-0.2, -0.15) is 8.78 Å². The number of aryl methyl sites for hydroxylation is 1. The number of para-hydroxylation sites is 1. The number of imidazole rings is 1. The fraction of sp³-hybridized carbons (Fsp3) is 0.364. The van der Waals surface area contributed by atoms with E-state index in [-0.39, 0.29) is 17.8 Å². The van der Waals surface area contributed by atoms with Gasteiger partial charge in [-0.15, -0.1) is 0 Å². The van der Waals surface area contributed by atoms with Crippen LogP contribution < -0.4 is 10.6 Å². The largest absolute Gasteiger partial charge is 0.352 e. The molecular weight excluding hydrogens is 374 g/mol. The number of nitrogens with zero attached hydrogens (tertiary/aromatic N) is 3. The Bertz CT molecular complexity index is 1070. The molecule has 5 nitrogen and oxygen atoms in total. The van der Waals surface area contributed by atoms with Crippen LogP contribution >= 0.6 is 0 Å². The molecule has 4 rings (SSSR count). The van der Waals surface area contributed by atoms with Crippen molar-refractivity contribution in [2.75, 3.05) is 4.90 Å². The van der Waals surface area contributed by atoms with Crippen molar-refractivity contribution in [1.82, 2.24) is 9.55 Å². The normalized spacial score (nSPS) is 15.5. The van der Waals surface area contributed by atoms with Gasteiger partial charge in [-0.25, -0.2) is 4.98 Å². The van der Waals surface area contributed by atoms with Gasteiger partial charge in [0.1, 0.15) is 5.82 Å². The zero-order valence-electron chi connectivity index (χ0n) is 16.5. The van der Waals surface area contributed by atoms with Crippen LogP contribution in [0.4, 0.5) is 14.5 Å². The highest BCUT2D eigenvalue weighted by atomic mass is 19.3. The van der Waals surface area contributed by atoms with E-state index in [0.717, 1.165) is 27.9 Å².